The second-order valence-electron chi connectivity index (χ2n) is 3.04. The number of rotatable bonds is 1. The summed E-state index contributed by atoms with van der Waals surface area (Å²) in [5, 5.41) is 1.88. The molecule has 0 nitrogen and oxygen atoms in total. The molecule has 0 unspecified atom stereocenters. The summed E-state index contributed by atoms with van der Waals surface area (Å²) in [5.74, 6) is 0. The fourth-order valence-electron chi connectivity index (χ4n) is 1.30. The molecule has 0 fully saturated rings. The minimum atomic E-state index is 0.598. The second-order valence-corrected chi connectivity index (χ2v) is 4.32. The third kappa shape index (κ3) is 2.46. The summed E-state index contributed by atoms with van der Waals surface area (Å²) in [6.07, 6.45) is 0. The van der Waals surface area contributed by atoms with Crippen LogP contribution in [0.2, 0.25) is 15.1 Å². The van der Waals surface area contributed by atoms with Gasteiger partial charge in [0.15, 0.2) is 0 Å². The van der Waals surface area contributed by atoms with Crippen molar-refractivity contribution >= 4 is 34.8 Å². The Morgan fingerprint density at radius 3 is 2.27 bits per heavy atom. The van der Waals surface area contributed by atoms with E-state index in [9.17, 15) is 0 Å². The molecule has 0 heterocycles. The van der Waals surface area contributed by atoms with Crippen molar-refractivity contribution < 1.29 is 0 Å². The Balaban J connectivity index is 2.54. The highest BCUT2D eigenvalue weighted by atomic mass is 35.5. The van der Waals surface area contributed by atoms with Crippen LogP contribution in [0.3, 0.4) is 0 Å². The lowest BCUT2D eigenvalue weighted by molar-refractivity contribution is 1.61. The molecule has 0 atom stereocenters. The smallest absolute Gasteiger partial charge is 0.0499 e. The van der Waals surface area contributed by atoms with Gasteiger partial charge in [-0.1, -0.05) is 46.9 Å². The third-order valence-electron chi connectivity index (χ3n) is 1.98. The summed E-state index contributed by atoms with van der Waals surface area (Å²) in [5.41, 5.74) is 1.74. The van der Waals surface area contributed by atoms with Crippen LogP contribution in [0, 0.1) is 6.07 Å². The highest BCUT2D eigenvalue weighted by Gasteiger charge is 2.04. The Labute approximate surface area is 103 Å². The van der Waals surface area contributed by atoms with Crippen LogP contribution >= 0.6 is 34.8 Å². The zero-order chi connectivity index (χ0) is 10.8. The minimum Gasteiger partial charge on any atom is -0.0843 e. The lowest BCUT2D eigenvalue weighted by Gasteiger charge is -2.04. The molecular formula is C12H6Cl3. The summed E-state index contributed by atoms with van der Waals surface area (Å²) in [7, 11) is 0. The molecular weight excluding hydrogens is 250 g/mol. The molecule has 2 aromatic carbocycles. The van der Waals surface area contributed by atoms with Gasteiger partial charge >= 0.3 is 0 Å². The molecule has 0 saturated carbocycles. The SMILES string of the molecule is Clc1cc[c]c(-c2ccc(Cl)cc2Cl)c1. The molecule has 0 aromatic heterocycles. The second kappa shape index (κ2) is 4.44. The van der Waals surface area contributed by atoms with Gasteiger partial charge in [0, 0.05) is 20.6 Å². The van der Waals surface area contributed by atoms with E-state index in [1.54, 1.807) is 24.3 Å². The molecule has 75 valence electrons. The van der Waals surface area contributed by atoms with Crippen LogP contribution in [0.1, 0.15) is 0 Å². The first-order chi connectivity index (χ1) is 7.16. The molecule has 15 heavy (non-hydrogen) atoms. The number of hydrogen-bond donors (Lipinski definition) is 0. The Hall–Kier alpha value is -0.690. The van der Waals surface area contributed by atoms with Gasteiger partial charge in [0.05, 0.1) is 0 Å². The van der Waals surface area contributed by atoms with Gasteiger partial charge in [-0.15, -0.1) is 0 Å². The fraction of sp³-hybridized carbons (Fsp3) is 0. The van der Waals surface area contributed by atoms with E-state index in [-0.39, 0.29) is 0 Å². The van der Waals surface area contributed by atoms with Crippen molar-refractivity contribution in [3.05, 3.63) is 57.5 Å². The van der Waals surface area contributed by atoms with Gasteiger partial charge in [0.1, 0.15) is 0 Å². The van der Waals surface area contributed by atoms with Gasteiger partial charge in [0.2, 0.25) is 0 Å². The van der Waals surface area contributed by atoms with Crippen LogP contribution in [0.5, 0.6) is 0 Å². The van der Waals surface area contributed by atoms with Crippen molar-refractivity contribution in [3.63, 3.8) is 0 Å². The third-order valence-corrected chi connectivity index (χ3v) is 2.77. The molecule has 2 aromatic rings. The Morgan fingerprint density at radius 2 is 1.60 bits per heavy atom. The predicted octanol–water partition coefficient (Wildman–Crippen LogP) is 5.11. The van der Waals surface area contributed by atoms with Gasteiger partial charge in [0.25, 0.3) is 0 Å². The van der Waals surface area contributed by atoms with Gasteiger partial charge in [-0.05, 0) is 35.9 Å². The van der Waals surface area contributed by atoms with E-state index in [1.807, 2.05) is 12.1 Å². The van der Waals surface area contributed by atoms with Gasteiger partial charge in [-0.25, -0.2) is 0 Å². The first-order valence-corrected chi connectivity index (χ1v) is 5.43. The summed E-state index contributed by atoms with van der Waals surface area (Å²) in [6, 6.07) is 13.8. The maximum absolute atomic E-state index is 6.07. The molecule has 0 N–H and O–H groups in total. The van der Waals surface area contributed by atoms with Crippen molar-refractivity contribution in [1.82, 2.24) is 0 Å². The van der Waals surface area contributed by atoms with Crippen LogP contribution in [-0.2, 0) is 0 Å². The zero-order valence-corrected chi connectivity index (χ0v) is 9.87. The minimum absolute atomic E-state index is 0.598. The molecule has 0 aliphatic rings. The first kappa shape index (κ1) is 10.8. The maximum Gasteiger partial charge on any atom is 0.0499 e. The number of benzene rings is 2. The van der Waals surface area contributed by atoms with Crippen molar-refractivity contribution in [2.45, 2.75) is 0 Å². The molecule has 1 radical (unpaired) electrons. The normalized spacial score (nSPS) is 10.3. The Bertz CT molecular complexity index is 492. The quantitative estimate of drug-likeness (QED) is 0.665. The van der Waals surface area contributed by atoms with E-state index < -0.39 is 0 Å². The summed E-state index contributed by atoms with van der Waals surface area (Å²) >= 11 is 17.8. The van der Waals surface area contributed by atoms with Crippen LogP contribution in [-0.4, -0.2) is 0 Å². The van der Waals surface area contributed by atoms with E-state index >= 15 is 0 Å². The van der Waals surface area contributed by atoms with Crippen molar-refractivity contribution in [2.24, 2.45) is 0 Å². The zero-order valence-electron chi connectivity index (χ0n) is 7.60. The lowest BCUT2D eigenvalue weighted by Crippen LogP contribution is -1.79. The van der Waals surface area contributed by atoms with E-state index in [0.29, 0.717) is 15.1 Å². The highest BCUT2D eigenvalue weighted by Crippen LogP contribution is 2.31. The summed E-state index contributed by atoms with van der Waals surface area (Å²) in [6.45, 7) is 0. The lowest BCUT2D eigenvalue weighted by atomic mass is 10.1. The molecule has 0 amide bonds. The van der Waals surface area contributed by atoms with E-state index in [0.717, 1.165) is 11.1 Å². The highest BCUT2D eigenvalue weighted by molar-refractivity contribution is 6.36. The average molecular weight is 257 g/mol. The van der Waals surface area contributed by atoms with Crippen molar-refractivity contribution in [2.75, 3.05) is 0 Å². The molecule has 0 aliphatic heterocycles. The molecule has 0 aliphatic carbocycles. The molecule has 0 bridgehead atoms. The summed E-state index contributed by atoms with van der Waals surface area (Å²) in [4.78, 5) is 0. The van der Waals surface area contributed by atoms with E-state index in [4.69, 9.17) is 34.8 Å². The van der Waals surface area contributed by atoms with Crippen molar-refractivity contribution in [3.8, 4) is 11.1 Å². The predicted molar refractivity (Wildman–Crippen MR) is 65.7 cm³/mol. The van der Waals surface area contributed by atoms with Gasteiger partial charge < -0.3 is 0 Å². The molecule has 0 spiro atoms. The summed E-state index contributed by atoms with van der Waals surface area (Å²) < 4.78 is 0. The Kier molecular flexibility index (Phi) is 3.20. The standard InChI is InChI=1S/C12H6Cl3/c13-9-3-1-2-8(6-9)11-5-4-10(14)7-12(11)15/h1,3-7H. The first-order valence-electron chi connectivity index (χ1n) is 4.29. The molecule has 2 rings (SSSR count). The van der Waals surface area contributed by atoms with Crippen LogP contribution in [0.15, 0.2) is 36.4 Å². The molecule has 3 heteroatoms. The monoisotopic (exact) mass is 255 g/mol. The Morgan fingerprint density at radius 1 is 0.867 bits per heavy atom. The van der Waals surface area contributed by atoms with Crippen LogP contribution in [0.4, 0.5) is 0 Å². The van der Waals surface area contributed by atoms with Gasteiger partial charge in [-0.2, -0.15) is 0 Å². The van der Waals surface area contributed by atoms with E-state index in [1.165, 1.54) is 0 Å². The van der Waals surface area contributed by atoms with E-state index in [2.05, 4.69) is 6.07 Å². The largest absolute Gasteiger partial charge is 0.0843 e. The average Bonchev–Trinajstić information content (AvgIpc) is 2.17. The topological polar surface area (TPSA) is 0 Å². The number of hydrogen-bond acceptors (Lipinski definition) is 0. The molecule has 0 saturated heterocycles. The van der Waals surface area contributed by atoms with Gasteiger partial charge in [-0.3, -0.25) is 0 Å². The van der Waals surface area contributed by atoms with Crippen LogP contribution < -0.4 is 0 Å². The maximum atomic E-state index is 6.07. The fourth-order valence-corrected chi connectivity index (χ4v) is 1.98. The van der Waals surface area contributed by atoms with Crippen molar-refractivity contribution in [1.29, 1.82) is 0 Å². The number of halogens is 3. The van der Waals surface area contributed by atoms with Crippen LogP contribution in [0.25, 0.3) is 11.1 Å².